The van der Waals surface area contributed by atoms with Gasteiger partial charge in [0.2, 0.25) is 10.0 Å². The molecule has 0 aliphatic carbocycles. The number of nitrogens with one attached hydrogen (secondary N) is 1. The monoisotopic (exact) mass is 328 g/mol. The highest BCUT2D eigenvalue weighted by Gasteiger charge is 2.27. The Balaban J connectivity index is 2.03. The SMILES string of the molecule is COCCNc1cc(C)nc(C2CCN(S(C)(=O)=O)CC2)n1. The summed E-state index contributed by atoms with van der Waals surface area (Å²) >= 11 is 0. The van der Waals surface area contributed by atoms with Crippen molar-refractivity contribution in [1.82, 2.24) is 14.3 Å². The summed E-state index contributed by atoms with van der Waals surface area (Å²) in [4.78, 5) is 9.09. The molecule has 0 atom stereocenters. The molecule has 0 aromatic carbocycles. The number of hydrogen-bond acceptors (Lipinski definition) is 6. The summed E-state index contributed by atoms with van der Waals surface area (Å²) < 4.78 is 29.7. The number of nitrogens with zero attached hydrogens (tertiary/aromatic N) is 3. The van der Waals surface area contributed by atoms with E-state index in [2.05, 4.69) is 15.3 Å². The van der Waals surface area contributed by atoms with Crippen molar-refractivity contribution in [3.8, 4) is 0 Å². The topological polar surface area (TPSA) is 84.4 Å². The van der Waals surface area contributed by atoms with Crippen LogP contribution in [0.2, 0.25) is 0 Å². The van der Waals surface area contributed by atoms with Crippen molar-refractivity contribution in [3.05, 3.63) is 17.6 Å². The minimum absolute atomic E-state index is 0.209. The Morgan fingerprint density at radius 1 is 1.36 bits per heavy atom. The van der Waals surface area contributed by atoms with Gasteiger partial charge in [-0.1, -0.05) is 0 Å². The van der Waals surface area contributed by atoms with Crippen LogP contribution in [0.25, 0.3) is 0 Å². The van der Waals surface area contributed by atoms with Gasteiger partial charge < -0.3 is 10.1 Å². The first kappa shape index (κ1) is 17.1. The molecule has 7 nitrogen and oxygen atoms in total. The van der Waals surface area contributed by atoms with Gasteiger partial charge in [0.05, 0.1) is 12.9 Å². The lowest BCUT2D eigenvalue weighted by Gasteiger charge is -2.29. The van der Waals surface area contributed by atoms with Crippen LogP contribution in [-0.4, -0.2) is 62.3 Å². The number of methoxy groups -OCH3 is 1. The van der Waals surface area contributed by atoms with Gasteiger partial charge in [-0.15, -0.1) is 0 Å². The molecule has 124 valence electrons. The Morgan fingerprint density at radius 3 is 2.64 bits per heavy atom. The van der Waals surface area contributed by atoms with Gasteiger partial charge in [-0.2, -0.15) is 0 Å². The first-order valence-corrected chi connectivity index (χ1v) is 9.28. The standard InChI is InChI=1S/C14H24N4O3S/c1-11-10-13(15-6-9-21-2)17-14(16-11)12-4-7-18(8-5-12)22(3,19)20/h10,12H,4-9H2,1-3H3,(H,15,16,17). The Hall–Kier alpha value is -1.25. The highest BCUT2D eigenvalue weighted by molar-refractivity contribution is 7.88. The third kappa shape index (κ3) is 4.62. The fraction of sp³-hybridized carbons (Fsp3) is 0.714. The summed E-state index contributed by atoms with van der Waals surface area (Å²) in [5, 5.41) is 3.22. The van der Waals surface area contributed by atoms with Crippen molar-refractivity contribution < 1.29 is 13.2 Å². The lowest BCUT2D eigenvalue weighted by atomic mass is 9.97. The van der Waals surface area contributed by atoms with Crippen molar-refractivity contribution in [1.29, 1.82) is 0 Å². The highest BCUT2D eigenvalue weighted by Crippen LogP contribution is 2.27. The van der Waals surface area contributed by atoms with E-state index in [1.165, 1.54) is 10.6 Å². The van der Waals surface area contributed by atoms with Crippen LogP contribution in [0, 0.1) is 6.92 Å². The smallest absolute Gasteiger partial charge is 0.211 e. The summed E-state index contributed by atoms with van der Waals surface area (Å²) in [6.45, 7) is 4.32. The molecule has 1 fully saturated rings. The molecule has 1 N–H and O–H groups in total. The van der Waals surface area contributed by atoms with Crippen molar-refractivity contribution in [3.63, 3.8) is 0 Å². The molecule has 8 heteroatoms. The van der Waals surface area contributed by atoms with Crippen LogP contribution >= 0.6 is 0 Å². The number of anilines is 1. The molecule has 1 aliphatic rings. The molecule has 1 aromatic rings. The molecular formula is C14H24N4O3S. The Kier molecular flexibility index (Phi) is 5.71. The van der Waals surface area contributed by atoms with E-state index < -0.39 is 10.0 Å². The third-order valence-electron chi connectivity index (χ3n) is 3.77. The van der Waals surface area contributed by atoms with E-state index in [0.717, 1.165) is 30.2 Å². The molecule has 0 saturated carbocycles. The van der Waals surface area contributed by atoms with Gasteiger partial charge in [0.15, 0.2) is 0 Å². The molecule has 1 aliphatic heterocycles. The van der Waals surface area contributed by atoms with Gasteiger partial charge >= 0.3 is 0 Å². The van der Waals surface area contributed by atoms with Crippen LogP contribution in [0.3, 0.4) is 0 Å². The predicted octanol–water partition coefficient (Wildman–Crippen LogP) is 0.982. The van der Waals surface area contributed by atoms with Gasteiger partial charge in [-0.25, -0.2) is 22.7 Å². The average Bonchev–Trinajstić information content (AvgIpc) is 2.46. The predicted molar refractivity (Wildman–Crippen MR) is 85.5 cm³/mol. The number of ether oxygens (including phenoxy) is 1. The quantitative estimate of drug-likeness (QED) is 0.784. The molecule has 0 spiro atoms. The van der Waals surface area contributed by atoms with E-state index in [9.17, 15) is 8.42 Å². The fourth-order valence-corrected chi connectivity index (χ4v) is 3.47. The molecule has 1 aromatic heterocycles. The van der Waals surface area contributed by atoms with Crippen molar-refractivity contribution in [2.75, 3.05) is 44.9 Å². The summed E-state index contributed by atoms with van der Waals surface area (Å²) in [7, 11) is -1.44. The van der Waals surface area contributed by atoms with Crippen LogP contribution < -0.4 is 5.32 Å². The second-order valence-corrected chi connectivity index (χ2v) is 7.59. The zero-order chi connectivity index (χ0) is 16.2. The zero-order valence-corrected chi connectivity index (χ0v) is 14.2. The number of aromatic nitrogens is 2. The normalized spacial score (nSPS) is 17.6. The number of hydrogen-bond donors (Lipinski definition) is 1. The zero-order valence-electron chi connectivity index (χ0n) is 13.4. The van der Waals surface area contributed by atoms with E-state index in [1.807, 2.05) is 13.0 Å². The highest BCUT2D eigenvalue weighted by atomic mass is 32.2. The molecule has 0 unspecified atom stereocenters. The first-order valence-electron chi connectivity index (χ1n) is 7.43. The lowest BCUT2D eigenvalue weighted by molar-refractivity contribution is 0.210. The largest absolute Gasteiger partial charge is 0.383 e. The maximum Gasteiger partial charge on any atom is 0.211 e. The average molecular weight is 328 g/mol. The van der Waals surface area contributed by atoms with Crippen LogP contribution in [0.15, 0.2) is 6.07 Å². The fourth-order valence-electron chi connectivity index (χ4n) is 2.59. The summed E-state index contributed by atoms with van der Waals surface area (Å²) in [5.41, 5.74) is 0.912. The van der Waals surface area contributed by atoms with Crippen molar-refractivity contribution in [2.45, 2.75) is 25.7 Å². The minimum atomic E-state index is -3.10. The molecule has 22 heavy (non-hydrogen) atoms. The molecular weight excluding hydrogens is 304 g/mol. The van der Waals surface area contributed by atoms with Gasteiger partial charge in [-0.05, 0) is 19.8 Å². The number of sulfonamides is 1. The van der Waals surface area contributed by atoms with E-state index >= 15 is 0 Å². The van der Waals surface area contributed by atoms with E-state index in [-0.39, 0.29) is 5.92 Å². The second-order valence-electron chi connectivity index (χ2n) is 5.61. The lowest BCUT2D eigenvalue weighted by Crippen LogP contribution is -2.37. The Bertz CT molecular complexity index is 598. The Labute approximate surface area is 132 Å². The van der Waals surface area contributed by atoms with Crippen molar-refractivity contribution in [2.24, 2.45) is 0 Å². The molecule has 0 bridgehead atoms. The molecule has 2 rings (SSSR count). The van der Waals surface area contributed by atoms with Gasteiger partial charge in [0.1, 0.15) is 11.6 Å². The van der Waals surface area contributed by atoms with Crippen molar-refractivity contribution >= 4 is 15.8 Å². The Morgan fingerprint density at radius 2 is 2.05 bits per heavy atom. The minimum Gasteiger partial charge on any atom is -0.383 e. The van der Waals surface area contributed by atoms with E-state index in [0.29, 0.717) is 26.2 Å². The number of piperidine rings is 1. The van der Waals surface area contributed by atoms with Crippen LogP contribution in [0.5, 0.6) is 0 Å². The summed E-state index contributed by atoms with van der Waals surface area (Å²) in [5.74, 6) is 1.80. The summed E-state index contributed by atoms with van der Waals surface area (Å²) in [6, 6.07) is 1.91. The van der Waals surface area contributed by atoms with Crippen LogP contribution in [0.4, 0.5) is 5.82 Å². The second kappa shape index (κ2) is 7.34. The first-order chi connectivity index (χ1) is 10.4. The molecule has 2 heterocycles. The van der Waals surface area contributed by atoms with Gasteiger partial charge in [0.25, 0.3) is 0 Å². The molecule has 0 amide bonds. The third-order valence-corrected chi connectivity index (χ3v) is 5.08. The van der Waals surface area contributed by atoms with Gasteiger partial charge in [0, 0.05) is 44.4 Å². The van der Waals surface area contributed by atoms with Gasteiger partial charge in [-0.3, -0.25) is 0 Å². The molecule has 0 radical (unpaired) electrons. The number of rotatable bonds is 6. The maximum atomic E-state index is 11.6. The van der Waals surface area contributed by atoms with Crippen LogP contribution in [0.1, 0.15) is 30.3 Å². The number of aryl methyl sites for hydroxylation is 1. The van der Waals surface area contributed by atoms with Crippen LogP contribution in [-0.2, 0) is 14.8 Å². The maximum absolute atomic E-state index is 11.6. The van der Waals surface area contributed by atoms with E-state index in [1.54, 1.807) is 7.11 Å². The summed E-state index contributed by atoms with van der Waals surface area (Å²) in [6.07, 6.45) is 2.77. The van der Waals surface area contributed by atoms with E-state index in [4.69, 9.17) is 4.74 Å². The molecule has 1 saturated heterocycles.